The molecule has 1 aliphatic rings. The minimum absolute atomic E-state index is 0.262. The normalized spacial score (nSPS) is 14.4. The number of amides is 2. The zero-order valence-electron chi connectivity index (χ0n) is 21.0. The van der Waals surface area contributed by atoms with Crippen LogP contribution in [-0.2, 0) is 6.54 Å². The summed E-state index contributed by atoms with van der Waals surface area (Å²) in [6.07, 6.45) is 1.96. The standard InChI is InChI=1S/C30H26FN5O2/c1-20-24-19-35(30(37)32-25-14-6-7-16-27(25)38-2)28(21-10-8-11-22(31)18-21)26-15-9-17-34(26)29(24)36(33-20)23-12-4-3-5-13-23/h3-18,28H,19H2,1-2H3,(H,32,37). The highest BCUT2D eigenvalue weighted by molar-refractivity contribution is 5.91. The van der Waals surface area contributed by atoms with Crippen LogP contribution >= 0.6 is 0 Å². The summed E-state index contributed by atoms with van der Waals surface area (Å²) >= 11 is 0. The van der Waals surface area contributed by atoms with Gasteiger partial charge in [-0.15, -0.1) is 0 Å². The summed E-state index contributed by atoms with van der Waals surface area (Å²) in [5, 5.41) is 7.87. The van der Waals surface area contributed by atoms with E-state index in [2.05, 4.69) is 5.32 Å². The number of nitrogens with zero attached hydrogens (tertiary/aromatic N) is 4. The zero-order chi connectivity index (χ0) is 26.2. The van der Waals surface area contributed by atoms with Gasteiger partial charge in [-0.25, -0.2) is 13.9 Å². The van der Waals surface area contributed by atoms with E-state index in [0.717, 1.165) is 28.5 Å². The van der Waals surface area contributed by atoms with Gasteiger partial charge >= 0.3 is 6.03 Å². The Hall–Kier alpha value is -4.85. The lowest BCUT2D eigenvalue weighted by atomic mass is 10.0. The summed E-state index contributed by atoms with van der Waals surface area (Å²) in [4.78, 5) is 15.7. The van der Waals surface area contributed by atoms with Crippen molar-refractivity contribution >= 4 is 11.7 Å². The predicted octanol–water partition coefficient (Wildman–Crippen LogP) is 6.26. The van der Waals surface area contributed by atoms with Crippen LogP contribution in [0.1, 0.15) is 28.6 Å². The van der Waals surface area contributed by atoms with E-state index in [1.54, 1.807) is 30.2 Å². The average Bonchev–Trinajstić information content (AvgIpc) is 3.49. The van der Waals surface area contributed by atoms with Gasteiger partial charge in [-0.1, -0.05) is 42.5 Å². The van der Waals surface area contributed by atoms with Gasteiger partial charge in [0.25, 0.3) is 0 Å². The third-order valence-electron chi connectivity index (χ3n) is 6.86. The molecule has 1 N–H and O–H groups in total. The first-order chi connectivity index (χ1) is 18.5. The highest BCUT2D eigenvalue weighted by atomic mass is 19.1. The fourth-order valence-electron chi connectivity index (χ4n) is 5.11. The van der Waals surface area contributed by atoms with Crippen molar-refractivity contribution in [2.75, 3.05) is 12.4 Å². The molecular weight excluding hydrogens is 481 g/mol. The van der Waals surface area contributed by atoms with Crippen molar-refractivity contribution in [2.45, 2.75) is 19.5 Å². The average molecular weight is 508 g/mol. The maximum absolute atomic E-state index is 14.5. The summed E-state index contributed by atoms with van der Waals surface area (Å²) in [5.74, 6) is 1.04. The lowest BCUT2D eigenvalue weighted by molar-refractivity contribution is 0.194. The minimum atomic E-state index is -0.563. The molecule has 1 aliphatic heterocycles. The largest absolute Gasteiger partial charge is 0.495 e. The number of fused-ring (bicyclic) bond motifs is 3. The van der Waals surface area contributed by atoms with Crippen molar-refractivity contribution in [3.8, 4) is 17.3 Å². The molecule has 2 amide bonds. The Morgan fingerprint density at radius 3 is 2.58 bits per heavy atom. The molecule has 1 atom stereocenters. The maximum atomic E-state index is 14.5. The molecule has 2 aromatic heterocycles. The molecule has 1 unspecified atom stereocenters. The number of nitrogens with one attached hydrogen (secondary N) is 1. The van der Waals surface area contributed by atoms with Crippen molar-refractivity contribution in [1.29, 1.82) is 0 Å². The van der Waals surface area contributed by atoms with Crippen molar-refractivity contribution in [3.05, 3.63) is 126 Å². The summed E-state index contributed by atoms with van der Waals surface area (Å²) in [7, 11) is 1.56. The number of methoxy groups -OCH3 is 1. The van der Waals surface area contributed by atoms with E-state index < -0.39 is 6.04 Å². The Bertz CT molecular complexity index is 1620. The smallest absolute Gasteiger partial charge is 0.323 e. The Labute approximate surface area is 219 Å². The number of aromatic nitrogens is 3. The van der Waals surface area contributed by atoms with Gasteiger partial charge in [-0.05, 0) is 61.0 Å². The molecule has 0 fully saturated rings. The topological polar surface area (TPSA) is 64.3 Å². The number of carbonyl (C=O) groups is 1. The SMILES string of the molecule is COc1ccccc1NC(=O)N1Cc2c(C)nn(-c3ccccc3)c2-n2cccc2C1c1cccc(F)c1. The minimum Gasteiger partial charge on any atom is -0.495 e. The number of urea groups is 1. The van der Waals surface area contributed by atoms with Crippen molar-refractivity contribution < 1.29 is 13.9 Å². The number of hydrogen-bond donors (Lipinski definition) is 1. The van der Waals surface area contributed by atoms with Crippen LogP contribution in [-0.4, -0.2) is 32.4 Å². The third-order valence-corrected chi connectivity index (χ3v) is 6.86. The summed E-state index contributed by atoms with van der Waals surface area (Å²) in [5.41, 5.74) is 4.66. The van der Waals surface area contributed by atoms with E-state index in [4.69, 9.17) is 9.84 Å². The highest BCUT2D eigenvalue weighted by Crippen LogP contribution is 2.39. The van der Waals surface area contributed by atoms with Gasteiger partial charge in [0.2, 0.25) is 0 Å². The van der Waals surface area contributed by atoms with Crippen LogP contribution in [0.4, 0.5) is 14.9 Å². The Kier molecular flexibility index (Phi) is 5.92. The third kappa shape index (κ3) is 4.00. The first-order valence-corrected chi connectivity index (χ1v) is 12.3. The fourth-order valence-corrected chi connectivity index (χ4v) is 5.11. The highest BCUT2D eigenvalue weighted by Gasteiger charge is 2.36. The molecular formula is C30H26FN5O2. The van der Waals surface area contributed by atoms with Gasteiger partial charge in [-0.2, -0.15) is 5.10 Å². The second-order valence-electron chi connectivity index (χ2n) is 9.15. The number of aryl methyl sites for hydroxylation is 1. The van der Waals surface area contributed by atoms with Crippen molar-refractivity contribution in [2.24, 2.45) is 0 Å². The molecule has 38 heavy (non-hydrogen) atoms. The number of carbonyl (C=O) groups excluding carboxylic acids is 1. The summed E-state index contributed by atoms with van der Waals surface area (Å²) in [6, 6.07) is 26.6. The molecule has 0 radical (unpaired) electrons. The first-order valence-electron chi connectivity index (χ1n) is 12.3. The number of hydrogen-bond acceptors (Lipinski definition) is 3. The second kappa shape index (κ2) is 9.55. The number of ether oxygens (including phenoxy) is 1. The van der Waals surface area contributed by atoms with Gasteiger partial charge in [0, 0.05) is 11.8 Å². The summed E-state index contributed by atoms with van der Waals surface area (Å²) in [6.45, 7) is 2.21. The molecule has 6 rings (SSSR count). The number of benzene rings is 3. The van der Waals surface area contributed by atoms with Crippen LogP contribution in [0.3, 0.4) is 0 Å². The Morgan fingerprint density at radius 1 is 1.00 bits per heavy atom. The van der Waals surface area contributed by atoms with Crippen LogP contribution in [0.2, 0.25) is 0 Å². The molecule has 8 heteroatoms. The fraction of sp³-hybridized carbons (Fsp3) is 0.133. The van der Waals surface area contributed by atoms with Gasteiger partial charge in [0.05, 0.1) is 42.5 Å². The van der Waals surface area contributed by atoms with Crippen LogP contribution in [0.5, 0.6) is 5.75 Å². The molecule has 7 nitrogen and oxygen atoms in total. The molecule has 0 bridgehead atoms. The second-order valence-corrected chi connectivity index (χ2v) is 9.15. The van der Waals surface area contributed by atoms with E-state index in [1.807, 2.05) is 83.0 Å². The van der Waals surface area contributed by atoms with E-state index in [1.165, 1.54) is 12.1 Å². The van der Waals surface area contributed by atoms with Gasteiger partial charge in [-0.3, -0.25) is 0 Å². The van der Waals surface area contributed by atoms with Crippen LogP contribution < -0.4 is 10.1 Å². The zero-order valence-corrected chi connectivity index (χ0v) is 21.0. The monoisotopic (exact) mass is 507 g/mol. The molecule has 3 aromatic carbocycles. The van der Waals surface area contributed by atoms with Crippen molar-refractivity contribution in [1.82, 2.24) is 19.2 Å². The van der Waals surface area contributed by atoms with Crippen LogP contribution in [0.15, 0.2) is 97.2 Å². The van der Waals surface area contributed by atoms with Gasteiger partial charge in [0.15, 0.2) is 0 Å². The van der Waals surface area contributed by atoms with Crippen molar-refractivity contribution in [3.63, 3.8) is 0 Å². The molecule has 0 saturated heterocycles. The predicted molar refractivity (Wildman–Crippen MR) is 143 cm³/mol. The van der Waals surface area contributed by atoms with E-state index in [9.17, 15) is 9.18 Å². The lowest BCUT2D eigenvalue weighted by Gasteiger charge is -2.31. The maximum Gasteiger partial charge on any atom is 0.323 e. The van der Waals surface area contributed by atoms with Crippen LogP contribution in [0.25, 0.3) is 11.5 Å². The Morgan fingerprint density at radius 2 is 1.79 bits per heavy atom. The molecule has 190 valence electrons. The number of halogens is 1. The molecule has 0 saturated carbocycles. The molecule has 5 aromatic rings. The number of rotatable bonds is 4. The van der Waals surface area contributed by atoms with Gasteiger partial charge < -0.3 is 19.5 Å². The summed E-state index contributed by atoms with van der Waals surface area (Å²) < 4.78 is 23.9. The van der Waals surface area contributed by atoms with E-state index >= 15 is 0 Å². The Balaban J connectivity index is 1.54. The first kappa shape index (κ1) is 23.5. The van der Waals surface area contributed by atoms with Crippen LogP contribution in [0, 0.1) is 12.7 Å². The van der Waals surface area contributed by atoms with E-state index in [-0.39, 0.29) is 18.4 Å². The lowest BCUT2D eigenvalue weighted by Crippen LogP contribution is -2.38. The molecule has 0 aliphatic carbocycles. The molecule has 3 heterocycles. The van der Waals surface area contributed by atoms with Gasteiger partial charge in [0.1, 0.15) is 17.4 Å². The number of para-hydroxylation sites is 3. The number of anilines is 1. The quantitative estimate of drug-likeness (QED) is 0.312. The molecule has 0 spiro atoms. The van der Waals surface area contributed by atoms with E-state index in [0.29, 0.717) is 17.0 Å².